The van der Waals surface area contributed by atoms with Gasteiger partial charge in [-0.2, -0.15) is 4.39 Å². The molecule has 2 aliphatic heterocycles. The first-order valence-electron chi connectivity index (χ1n) is 9.93. The average molecular weight is 454 g/mol. The molecule has 0 saturated carbocycles. The van der Waals surface area contributed by atoms with Gasteiger partial charge in [0.05, 0.1) is 0 Å². The Balaban J connectivity index is 1.72. The van der Waals surface area contributed by atoms with Gasteiger partial charge in [0, 0.05) is 29.9 Å². The topological polar surface area (TPSA) is 90.0 Å². The minimum atomic E-state index is -2.67. The van der Waals surface area contributed by atoms with Crippen molar-refractivity contribution in [2.75, 3.05) is 13.7 Å². The van der Waals surface area contributed by atoms with Crippen molar-refractivity contribution in [2.24, 2.45) is 10.7 Å². The first kappa shape index (κ1) is 20.8. The molecule has 0 fully saturated rings. The zero-order chi connectivity index (χ0) is 23.3. The lowest BCUT2D eigenvalue weighted by Gasteiger charge is -2.34. The van der Waals surface area contributed by atoms with E-state index in [1.807, 2.05) is 0 Å². The lowest BCUT2D eigenvalue weighted by atomic mass is 9.79. The Hall–Kier alpha value is -4.08. The fourth-order valence-electron chi connectivity index (χ4n) is 4.06. The Labute approximate surface area is 186 Å². The number of rotatable bonds is 4. The van der Waals surface area contributed by atoms with Crippen molar-refractivity contribution in [3.63, 3.8) is 0 Å². The molecule has 0 bridgehead atoms. The van der Waals surface area contributed by atoms with E-state index in [9.17, 15) is 18.0 Å². The molecule has 10 heteroatoms. The number of aromatic nitrogens is 1. The van der Waals surface area contributed by atoms with E-state index < -0.39 is 30.4 Å². The molecule has 0 aliphatic carbocycles. The summed E-state index contributed by atoms with van der Waals surface area (Å²) in [6, 6.07) is 12.4. The molecular formula is C23H17F3N4O3. The zero-order valence-electron chi connectivity index (χ0n) is 17.3. The van der Waals surface area contributed by atoms with Crippen LogP contribution in [0.4, 0.5) is 13.2 Å². The Bertz CT molecular complexity index is 1310. The SMILES string of the molecule is CN1C(=O)C2(N=C1N)c1cc(OCC(F)F)ccc1Oc1ccc(-c3cccnc3F)cc12. The molecule has 3 heterocycles. The maximum Gasteiger partial charge on any atom is 0.272 e. The van der Waals surface area contributed by atoms with Gasteiger partial charge in [-0.1, -0.05) is 6.07 Å². The van der Waals surface area contributed by atoms with Crippen LogP contribution in [0, 0.1) is 5.95 Å². The van der Waals surface area contributed by atoms with Gasteiger partial charge in [-0.15, -0.1) is 0 Å². The molecule has 168 valence electrons. The second-order valence-corrected chi connectivity index (χ2v) is 7.56. The number of hydrogen-bond donors (Lipinski definition) is 1. The van der Waals surface area contributed by atoms with E-state index in [1.165, 1.54) is 36.3 Å². The number of halogens is 3. The highest BCUT2D eigenvalue weighted by Crippen LogP contribution is 2.53. The van der Waals surface area contributed by atoms with E-state index in [4.69, 9.17) is 15.2 Å². The standard InChI is InChI=1S/C23H17F3N4O3/c1-30-21(31)23(29-22(30)27)15-9-12(14-3-2-8-28-20(14)26)4-6-17(15)33-18-7-5-13(10-16(18)23)32-11-19(24)25/h2-10,19H,11H2,1H3,(H2,27,29). The summed E-state index contributed by atoms with van der Waals surface area (Å²) in [5, 5.41) is 0. The van der Waals surface area contributed by atoms with Crippen LogP contribution in [0.2, 0.25) is 0 Å². The number of guanidine groups is 1. The third-order valence-corrected chi connectivity index (χ3v) is 5.62. The molecule has 2 aliphatic rings. The minimum Gasteiger partial charge on any atom is -0.488 e. The summed E-state index contributed by atoms with van der Waals surface area (Å²) in [5.41, 5.74) is 5.65. The number of hydrogen-bond acceptors (Lipinski definition) is 6. The number of fused-ring (bicyclic) bond motifs is 4. The van der Waals surface area contributed by atoms with Crippen molar-refractivity contribution in [3.8, 4) is 28.4 Å². The molecule has 3 aromatic rings. The fourth-order valence-corrected chi connectivity index (χ4v) is 4.06. The van der Waals surface area contributed by atoms with Gasteiger partial charge >= 0.3 is 0 Å². The van der Waals surface area contributed by atoms with Crippen LogP contribution in [-0.2, 0) is 10.3 Å². The molecule has 2 N–H and O–H groups in total. The van der Waals surface area contributed by atoms with Crippen LogP contribution in [0.3, 0.4) is 0 Å². The number of nitrogens with two attached hydrogens (primary N) is 1. The average Bonchev–Trinajstić information content (AvgIpc) is 3.03. The number of aliphatic imine (C=N–C) groups is 1. The van der Waals surface area contributed by atoms with E-state index >= 15 is 0 Å². The smallest absolute Gasteiger partial charge is 0.272 e. The third-order valence-electron chi connectivity index (χ3n) is 5.62. The van der Waals surface area contributed by atoms with Crippen molar-refractivity contribution in [3.05, 3.63) is 71.8 Å². The van der Waals surface area contributed by atoms with Crippen LogP contribution in [0.1, 0.15) is 11.1 Å². The number of nitrogens with zero attached hydrogens (tertiary/aromatic N) is 3. The molecule has 1 amide bonds. The van der Waals surface area contributed by atoms with E-state index in [0.29, 0.717) is 22.6 Å². The molecule has 0 saturated heterocycles. The second-order valence-electron chi connectivity index (χ2n) is 7.56. The van der Waals surface area contributed by atoms with Crippen molar-refractivity contribution < 1.29 is 27.4 Å². The first-order chi connectivity index (χ1) is 15.8. The van der Waals surface area contributed by atoms with Crippen LogP contribution < -0.4 is 15.2 Å². The highest BCUT2D eigenvalue weighted by Gasteiger charge is 2.54. The molecule has 1 unspecified atom stereocenters. The number of likely N-dealkylation sites (N-methyl/N-ethyl adjacent to an activating group) is 1. The minimum absolute atomic E-state index is 0.0318. The summed E-state index contributed by atoms with van der Waals surface area (Å²) in [4.78, 5) is 22.9. The Morgan fingerprint density at radius 2 is 1.88 bits per heavy atom. The zero-order valence-corrected chi connectivity index (χ0v) is 17.3. The second kappa shape index (κ2) is 7.51. The predicted molar refractivity (Wildman–Crippen MR) is 113 cm³/mol. The molecule has 1 aromatic heterocycles. The molecule has 33 heavy (non-hydrogen) atoms. The summed E-state index contributed by atoms with van der Waals surface area (Å²) in [6.07, 6.45) is -1.34. The maximum absolute atomic E-state index is 14.4. The lowest BCUT2D eigenvalue weighted by molar-refractivity contribution is -0.129. The van der Waals surface area contributed by atoms with Gasteiger partial charge in [0.2, 0.25) is 11.5 Å². The molecule has 1 spiro atoms. The number of carbonyl (C=O) groups excluding carboxylic acids is 1. The van der Waals surface area contributed by atoms with E-state index in [0.717, 1.165) is 0 Å². The van der Waals surface area contributed by atoms with Gasteiger partial charge in [0.25, 0.3) is 12.3 Å². The fraction of sp³-hybridized carbons (Fsp3) is 0.174. The summed E-state index contributed by atoms with van der Waals surface area (Å²) in [5.74, 6) is -0.434. The van der Waals surface area contributed by atoms with Crippen LogP contribution >= 0.6 is 0 Å². The monoisotopic (exact) mass is 454 g/mol. The summed E-state index contributed by atoms with van der Waals surface area (Å²) in [6.45, 7) is -0.813. The van der Waals surface area contributed by atoms with Gasteiger partial charge in [0.15, 0.2) is 5.96 Å². The van der Waals surface area contributed by atoms with Crippen molar-refractivity contribution in [1.82, 2.24) is 9.88 Å². The quantitative estimate of drug-likeness (QED) is 0.608. The third kappa shape index (κ3) is 3.17. The van der Waals surface area contributed by atoms with Gasteiger partial charge in [-0.25, -0.2) is 18.8 Å². The van der Waals surface area contributed by atoms with Crippen LogP contribution in [0.5, 0.6) is 17.2 Å². The molecular weight excluding hydrogens is 437 g/mol. The summed E-state index contributed by atoms with van der Waals surface area (Å²) in [7, 11) is 1.48. The normalized spacial score (nSPS) is 18.8. The van der Waals surface area contributed by atoms with E-state index in [2.05, 4.69) is 9.98 Å². The number of benzene rings is 2. The van der Waals surface area contributed by atoms with Crippen LogP contribution in [0.15, 0.2) is 59.7 Å². The van der Waals surface area contributed by atoms with Crippen LogP contribution in [-0.4, -0.2) is 41.8 Å². The number of alkyl halides is 2. The largest absolute Gasteiger partial charge is 0.488 e. The highest BCUT2D eigenvalue weighted by atomic mass is 19.3. The summed E-state index contributed by atoms with van der Waals surface area (Å²) < 4.78 is 50.9. The highest BCUT2D eigenvalue weighted by molar-refractivity contribution is 6.10. The van der Waals surface area contributed by atoms with E-state index in [-0.39, 0.29) is 22.8 Å². The first-order valence-corrected chi connectivity index (χ1v) is 9.93. The van der Waals surface area contributed by atoms with Gasteiger partial charge in [0.1, 0.15) is 23.9 Å². The Morgan fingerprint density at radius 3 is 2.55 bits per heavy atom. The Kier molecular flexibility index (Phi) is 4.73. The predicted octanol–water partition coefficient (Wildman–Crippen LogP) is 3.67. The Morgan fingerprint density at radius 1 is 1.15 bits per heavy atom. The van der Waals surface area contributed by atoms with Crippen LogP contribution in [0.25, 0.3) is 11.1 Å². The van der Waals surface area contributed by atoms with Gasteiger partial charge in [-0.05, 0) is 48.0 Å². The molecule has 7 nitrogen and oxygen atoms in total. The number of carbonyl (C=O) groups is 1. The summed E-state index contributed by atoms with van der Waals surface area (Å²) >= 11 is 0. The number of amides is 1. The maximum atomic E-state index is 14.4. The molecule has 1 atom stereocenters. The molecule has 5 rings (SSSR count). The number of pyridine rings is 1. The molecule has 0 radical (unpaired) electrons. The van der Waals surface area contributed by atoms with E-state index in [1.54, 1.807) is 30.3 Å². The molecule has 2 aromatic carbocycles. The lowest BCUT2D eigenvalue weighted by Crippen LogP contribution is -2.42. The number of ether oxygens (including phenoxy) is 2. The van der Waals surface area contributed by atoms with Gasteiger partial charge in [-0.3, -0.25) is 9.69 Å². The van der Waals surface area contributed by atoms with Crippen molar-refractivity contribution in [1.29, 1.82) is 0 Å². The van der Waals surface area contributed by atoms with Crippen molar-refractivity contribution in [2.45, 2.75) is 12.0 Å². The van der Waals surface area contributed by atoms with Crippen molar-refractivity contribution >= 4 is 11.9 Å². The van der Waals surface area contributed by atoms with Gasteiger partial charge < -0.3 is 15.2 Å².